The molecule has 1 fully saturated rings. The summed E-state index contributed by atoms with van der Waals surface area (Å²) in [4.78, 5) is 32.5. The van der Waals surface area contributed by atoms with Gasteiger partial charge in [-0.15, -0.1) is 0 Å². The Balaban J connectivity index is 1.46. The highest BCUT2D eigenvalue weighted by molar-refractivity contribution is 6.07. The largest absolute Gasteiger partial charge is 0.497 e. The Morgan fingerprint density at radius 2 is 1.84 bits per heavy atom. The van der Waals surface area contributed by atoms with Gasteiger partial charge >= 0.3 is 0 Å². The minimum absolute atomic E-state index is 0.0614. The first-order valence-corrected chi connectivity index (χ1v) is 10.4. The molecule has 0 radical (unpaired) electrons. The van der Waals surface area contributed by atoms with Crippen molar-refractivity contribution in [3.05, 3.63) is 81.9 Å². The van der Waals surface area contributed by atoms with Crippen molar-refractivity contribution in [1.82, 2.24) is 14.5 Å². The van der Waals surface area contributed by atoms with Crippen LogP contribution in [0.2, 0.25) is 0 Å². The van der Waals surface area contributed by atoms with Crippen molar-refractivity contribution in [1.29, 1.82) is 0 Å². The SMILES string of the molecule is COc1ccc(CN2CCN(c3ccc(C(=O)c4nccn4C)cc3[N+](=O)[O-])CC2)cc1. The van der Waals surface area contributed by atoms with Crippen LogP contribution in [-0.4, -0.2) is 58.4 Å². The van der Waals surface area contributed by atoms with E-state index in [1.807, 2.05) is 29.2 Å². The Kier molecular flexibility index (Phi) is 6.18. The highest BCUT2D eigenvalue weighted by atomic mass is 16.6. The molecule has 1 aromatic heterocycles. The maximum absolute atomic E-state index is 12.7. The molecule has 32 heavy (non-hydrogen) atoms. The fourth-order valence-electron chi connectivity index (χ4n) is 3.93. The van der Waals surface area contributed by atoms with Crippen LogP contribution in [0, 0.1) is 10.1 Å². The lowest BCUT2D eigenvalue weighted by molar-refractivity contribution is -0.384. The van der Waals surface area contributed by atoms with E-state index in [4.69, 9.17) is 4.74 Å². The minimum Gasteiger partial charge on any atom is -0.497 e. The van der Waals surface area contributed by atoms with Gasteiger partial charge in [0.25, 0.3) is 5.69 Å². The lowest BCUT2D eigenvalue weighted by atomic mass is 10.1. The van der Waals surface area contributed by atoms with E-state index in [1.165, 1.54) is 17.8 Å². The number of imidazole rings is 1. The molecule has 0 spiro atoms. The zero-order chi connectivity index (χ0) is 22.7. The summed E-state index contributed by atoms with van der Waals surface area (Å²) in [5.41, 5.74) is 1.93. The molecule has 1 aliphatic heterocycles. The standard InChI is InChI=1S/C23H25N5O4/c1-25-10-9-24-23(25)22(29)18-5-8-20(21(15-18)28(30)31)27-13-11-26(12-14-27)16-17-3-6-19(32-2)7-4-17/h3-10,15H,11-14,16H2,1-2H3. The smallest absolute Gasteiger partial charge is 0.293 e. The number of ether oxygens (including phenoxy) is 1. The van der Waals surface area contributed by atoms with Crippen LogP contribution < -0.4 is 9.64 Å². The van der Waals surface area contributed by atoms with E-state index in [2.05, 4.69) is 9.88 Å². The van der Waals surface area contributed by atoms with Crippen molar-refractivity contribution in [2.75, 3.05) is 38.2 Å². The van der Waals surface area contributed by atoms with Crippen molar-refractivity contribution in [3.8, 4) is 5.75 Å². The fourth-order valence-corrected chi connectivity index (χ4v) is 3.93. The third kappa shape index (κ3) is 4.47. The molecule has 9 heteroatoms. The second-order valence-corrected chi connectivity index (χ2v) is 7.76. The molecule has 1 aliphatic rings. The number of hydrogen-bond donors (Lipinski definition) is 0. The third-order valence-electron chi connectivity index (χ3n) is 5.74. The number of nitro benzene ring substituents is 1. The van der Waals surface area contributed by atoms with Crippen LogP contribution in [-0.2, 0) is 13.6 Å². The van der Waals surface area contributed by atoms with Gasteiger partial charge in [-0.25, -0.2) is 4.98 Å². The molecule has 0 aliphatic carbocycles. The predicted molar refractivity (Wildman–Crippen MR) is 120 cm³/mol. The summed E-state index contributed by atoms with van der Waals surface area (Å²) in [6.45, 7) is 3.73. The molecule has 0 bridgehead atoms. The zero-order valence-corrected chi connectivity index (χ0v) is 18.1. The Morgan fingerprint density at radius 3 is 2.44 bits per heavy atom. The predicted octanol–water partition coefficient (Wildman–Crippen LogP) is 2.89. The molecule has 3 aromatic rings. The van der Waals surface area contributed by atoms with E-state index in [0.29, 0.717) is 18.8 Å². The van der Waals surface area contributed by atoms with Gasteiger partial charge in [0.05, 0.1) is 12.0 Å². The fraction of sp³-hybridized carbons (Fsp3) is 0.304. The number of nitro groups is 1. The summed E-state index contributed by atoms with van der Waals surface area (Å²) < 4.78 is 6.80. The molecule has 0 N–H and O–H groups in total. The first-order valence-electron chi connectivity index (χ1n) is 10.4. The van der Waals surface area contributed by atoms with Crippen LogP contribution in [0.1, 0.15) is 21.7 Å². The molecule has 0 unspecified atom stereocenters. The minimum atomic E-state index is -0.422. The highest BCUT2D eigenvalue weighted by Crippen LogP contribution is 2.31. The number of carbonyl (C=O) groups excluding carboxylic acids is 1. The quantitative estimate of drug-likeness (QED) is 0.320. The van der Waals surface area contributed by atoms with Gasteiger partial charge in [0.15, 0.2) is 5.82 Å². The maximum atomic E-state index is 12.7. The number of hydrogen-bond acceptors (Lipinski definition) is 7. The Bertz CT molecular complexity index is 1120. The number of aromatic nitrogens is 2. The van der Waals surface area contributed by atoms with Gasteiger partial charge in [0, 0.05) is 63.8 Å². The van der Waals surface area contributed by atoms with Crippen LogP contribution in [0.15, 0.2) is 54.9 Å². The van der Waals surface area contributed by atoms with E-state index < -0.39 is 4.92 Å². The number of ketones is 1. The maximum Gasteiger partial charge on any atom is 0.293 e. The van der Waals surface area contributed by atoms with Crippen LogP contribution in [0.3, 0.4) is 0 Å². The Labute approximate surface area is 186 Å². The molecule has 4 rings (SSSR count). The van der Waals surface area contributed by atoms with Crippen LogP contribution >= 0.6 is 0 Å². The highest BCUT2D eigenvalue weighted by Gasteiger charge is 2.26. The molecule has 166 valence electrons. The van der Waals surface area contributed by atoms with E-state index in [9.17, 15) is 14.9 Å². The van der Waals surface area contributed by atoms with Gasteiger partial charge in [0.1, 0.15) is 11.4 Å². The van der Waals surface area contributed by atoms with Crippen molar-refractivity contribution >= 4 is 17.2 Å². The van der Waals surface area contributed by atoms with Gasteiger partial charge in [0.2, 0.25) is 5.78 Å². The summed E-state index contributed by atoms with van der Waals surface area (Å²) in [7, 11) is 3.36. The van der Waals surface area contributed by atoms with Crippen LogP contribution in [0.25, 0.3) is 0 Å². The molecule has 2 heterocycles. The van der Waals surface area contributed by atoms with Crippen molar-refractivity contribution in [2.24, 2.45) is 7.05 Å². The lowest BCUT2D eigenvalue weighted by Gasteiger charge is -2.35. The summed E-state index contributed by atoms with van der Waals surface area (Å²) in [6.07, 6.45) is 3.20. The molecular formula is C23H25N5O4. The topological polar surface area (TPSA) is 93.7 Å². The zero-order valence-electron chi connectivity index (χ0n) is 18.1. The van der Waals surface area contributed by atoms with Crippen LogP contribution in [0.5, 0.6) is 5.75 Å². The second-order valence-electron chi connectivity index (χ2n) is 7.76. The number of piperazine rings is 1. The summed E-state index contributed by atoms with van der Waals surface area (Å²) >= 11 is 0. The normalized spacial score (nSPS) is 14.4. The van der Waals surface area contributed by atoms with Gasteiger partial charge in [-0.2, -0.15) is 0 Å². The van der Waals surface area contributed by atoms with Gasteiger partial charge in [-0.3, -0.25) is 19.8 Å². The van der Waals surface area contributed by atoms with Gasteiger partial charge in [-0.05, 0) is 29.8 Å². The Hall–Kier alpha value is -3.72. The summed E-state index contributed by atoms with van der Waals surface area (Å²) in [6, 6.07) is 12.7. The molecule has 0 atom stereocenters. The lowest BCUT2D eigenvalue weighted by Crippen LogP contribution is -2.46. The number of carbonyl (C=O) groups is 1. The van der Waals surface area contributed by atoms with Gasteiger partial charge in [-0.1, -0.05) is 12.1 Å². The average Bonchev–Trinajstić information content (AvgIpc) is 3.25. The number of nitrogens with zero attached hydrogens (tertiary/aromatic N) is 5. The molecule has 0 amide bonds. The second kappa shape index (κ2) is 9.19. The van der Waals surface area contributed by atoms with Crippen molar-refractivity contribution in [2.45, 2.75) is 6.54 Å². The number of anilines is 1. The van der Waals surface area contributed by atoms with Crippen molar-refractivity contribution < 1.29 is 14.5 Å². The Morgan fingerprint density at radius 1 is 1.12 bits per heavy atom. The van der Waals surface area contributed by atoms with Gasteiger partial charge < -0.3 is 14.2 Å². The molecule has 9 nitrogen and oxygen atoms in total. The number of aryl methyl sites for hydroxylation is 1. The van der Waals surface area contributed by atoms with E-state index in [1.54, 1.807) is 37.1 Å². The number of methoxy groups -OCH3 is 1. The monoisotopic (exact) mass is 435 g/mol. The van der Waals surface area contributed by atoms with Crippen LogP contribution in [0.4, 0.5) is 11.4 Å². The van der Waals surface area contributed by atoms with Crippen molar-refractivity contribution in [3.63, 3.8) is 0 Å². The van der Waals surface area contributed by atoms with E-state index in [-0.39, 0.29) is 22.9 Å². The molecule has 2 aromatic carbocycles. The summed E-state index contributed by atoms with van der Waals surface area (Å²) in [5.74, 6) is 0.742. The average molecular weight is 435 g/mol. The third-order valence-corrected chi connectivity index (χ3v) is 5.74. The molecular weight excluding hydrogens is 410 g/mol. The summed E-state index contributed by atoms with van der Waals surface area (Å²) in [5, 5.41) is 11.8. The first kappa shape index (κ1) is 21.5. The molecule has 0 saturated carbocycles. The number of rotatable bonds is 7. The molecule has 1 saturated heterocycles. The first-order chi connectivity index (χ1) is 15.5. The van der Waals surface area contributed by atoms with E-state index in [0.717, 1.165) is 25.4 Å². The number of benzene rings is 2. The van der Waals surface area contributed by atoms with E-state index >= 15 is 0 Å².